The summed E-state index contributed by atoms with van der Waals surface area (Å²) >= 11 is 1.61. The van der Waals surface area contributed by atoms with E-state index in [0.717, 1.165) is 27.3 Å². The van der Waals surface area contributed by atoms with E-state index in [9.17, 15) is 0 Å². The van der Waals surface area contributed by atoms with Crippen molar-refractivity contribution >= 4 is 27.4 Å². The molecule has 0 bridgehead atoms. The minimum atomic E-state index is 0.665. The molecule has 0 saturated carbocycles. The van der Waals surface area contributed by atoms with Crippen LogP contribution in [0, 0.1) is 6.92 Å². The smallest absolute Gasteiger partial charge is 0.181 e. The number of hydrogen-bond donors (Lipinski definition) is 1. The maximum absolute atomic E-state index is 4.56. The molecule has 5 heteroatoms. The van der Waals surface area contributed by atoms with Crippen molar-refractivity contribution in [1.82, 2.24) is 15.0 Å². The largest absolute Gasteiger partial charge is 0.372 e. The predicted octanol–water partition coefficient (Wildman–Crippen LogP) is 3.10. The molecule has 0 aliphatic carbocycles. The highest BCUT2D eigenvalue weighted by molar-refractivity contribution is 7.16. The second-order valence-electron chi connectivity index (χ2n) is 4.00. The fourth-order valence-corrected chi connectivity index (χ4v) is 2.58. The molecule has 0 fully saturated rings. The Morgan fingerprint density at radius 1 is 1.22 bits per heavy atom. The summed E-state index contributed by atoms with van der Waals surface area (Å²) in [5.74, 6) is 1.51. The molecule has 0 saturated heterocycles. The first-order chi connectivity index (χ1) is 8.78. The molecule has 0 amide bonds. The van der Waals surface area contributed by atoms with Crippen molar-refractivity contribution in [3.8, 4) is 11.5 Å². The van der Waals surface area contributed by atoms with E-state index in [1.54, 1.807) is 17.5 Å². The van der Waals surface area contributed by atoms with E-state index in [-0.39, 0.29) is 0 Å². The molecule has 0 atom stereocenters. The molecule has 4 nitrogen and oxygen atoms in total. The van der Waals surface area contributed by atoms with Crippen LogP contribution in [-0.4, -0.2) is 22.0 Å². The summed E-state index contributed by atoms with van der Waals surface area (Å²) in [7, 11) is 1.87. The topological polar surface area (TPSA) is 50.7 Å². The molecular weight excluding hydrogens is 244 g/mol. The van der Waals surface area contributed by atoms with Crippen molar-refractivity contribution in [2.45, 2.75) is 6.92 Å². The molecule has 3 aromatic rings. The highest BCUT2D eigenvalue weighted by Crippen LogP contribution is 2.27. The number of anilines is 1. The minimum absolute atomic E-state index is 0.665. The summed E-state index contributed by atoms with van der Waals surface area (Å²) in [5.41, 5.74) is 1.96. The molecule has 3 aromatic heterocycles. The first kappa shape index (κ1) is 11.1. The number of thiophene rings is 1. The highest BCUT2D eigenvalue weighted by Gasteiger charge is 2.10. The Morgan fingerprint density at radius 2 is 2.11 bits per heavy atom. The number of hydrogen-bond acceptors (Lipinski definition) is 5. The summed E-state index contributed by atoms with van der Waals surface area (Å²) in [6, 6.07) is 5.99. The molecule has 18 heavy (non-hydrogen) atoms. The van der Waals surface area contributed by atoms with E-state index >= 15 is 0 Å². The van der Waals surface area contributed by atoms with Crippen molar-refractivity contribution in [3.05, 3.63) is 35.3 Å². The SMILES string of the molecule is CNc1nc(-c2cc(C)ccn2)nc2sccc12. The summed E-state index contributed by atoms with van der Waals surface area (Å²) in [4.78, 5) is 14.4. The molecular formula is C13H12N4S. The third-order valence-corrected chi connectivity index (χ3v) is 3.51. The normalized spacial score (nSPS) is 10.8. The van der Waals surface area contributed by atoms with E-state index < -0.39 is 0 Å². The van der Waals surface area contributed by atoms with Crippen LogP contribution in [0.5, 0.6) is 0 Å². The second-order valence-corrected chi connectivity index (χ2v) is 4.90. The highest BCUT2D eigenvalue weighted by atomic mass is 32.1. The van der Waals surface area contributed by atoms with Crippen molar-refractivity contribution < 1.29 is 0 Å². The van der Waals surface area contributed by atoms with Crippen LogP contribution in [0.4, 0.5) is 5.82 Å². The molecule has 3 rings (SSSR count). The van der Waals surface area contributed by atoms with Crippen LogP contribution in [0.15, 0.2) is 29.8 Å². The van der Waals surface area contributed by atoms with E-state index in [1.807, 2.05) is 37.6 Å². The molecule has 0 aliphatic rings. The lowest BCUT2D eigenvalue weighted by atomic mass is 10.2. The monoisotopic (exact) mass is 256 g/mol. The van der Waals surface area contributed by atoms with E-state index in [2.05, 4.69) is 20.3 Å². The maximum atomic E-state index is 4.56. The van der Waals surface area contributed by atoms with E-state index in [0.29, 0.717) is 5.82 Å². The summed E-state index contributed by atoms with van der Waals surface area (Å²) < 4.78 is 0. The zero-order valence-electron chi connectivity index (χ0n) is 10.1. The molecule has 0 aliphatic heterocycles. The van der Waals surface area contributed by atoms with Gasteiger partial charge in [-0.25, -0.2) is 9.97 Å². The summed E-state index contributed by atoms with van der Waals surface area (Å²) in [6.07, 6.45) is 1.78. The molecule has 0 radical (unpaired) electrons. The first-order valence-corrected chi connectivity index (χ1v) is 6.52. The zero-order chi connectivity index (χ0) is 12.5. The molecule has 3 heterocycles. The Morgan fingerprint density at radius 3 is 2.89 bits per heavy atom. The average molecular weight is 256 g/mol. The van der Waals surface area contributed by atoms with Crippen LogP contribution in [0.1, 0.15) is 5.56 Å². The average Bonchev–Trinajstić information content (AvgIpc) is 2.85. The number of aryl methyl sites for hydroxylation is 1. The Kier molecular flexibility index (Phi) is 2.68. The van der Waals surface area contributed by atoms with Gasteiger partial charge in [-0.1, -0.05) is 0 Å². The molecule has 90 valence electrons. The van der Waals surface area contributed by atoms with Gasteiger partial charge in [0, 0.05) is 13.2 Å². The maximum Gasteiger partial charge on any atom is 0.181 e. The summed E-state index contributed by atoms with van der Waals surface area (Å²) in [5, 5.41) is 6.18. The number of pyridine rings is 1. The lowest BCUT2D eigenvalue weighted by Gasteiger charge is -2.05. The van der Waals surface area contributed by atoms with Gasteiger partial charge in [-0.3, -0.25) is 4.98 Å². The molecule has 1 N–H and O–H groups in total. The Hall–Kier alpha value is -2.01. The summed E-state index contributed by atoms with van der Waals surface area (Å²) in [6.45, 7) is 2.04. The molecule has 0 unspecified atom stereocenters. The molecule has 0 aromatic carbocycles. The minimum Gasteiger partial charge on any atom is -0.372 e. The van der Waals surface area contributed by atoms with Gasteiger partial charge in [-0.2, -0.15) is 0 Å². The fraction of sp³-hybridized carbons (Fsp3) is 0.154. The van der Waals surface area contributed by atoms with Crippen LogP contribution in [0.25, 0.3) is 21.7 Å². The number of nitrogens with zero attached hydrogens (tertiary/aromatic N) is 3. The van der Waals surface area contributed by atoms with Gasteiger partial charge in [0.05, 0.1) is 5.39 Å². The van der Waals surface area contributed by atoms with Crippen molar-refractivity contribution in [3.63, 3.8) is 0 Å². The van der Waals surface area contributed by atoms with Crippen LogP contribution in [-0.2, 0) is 0 Å². The van der Waals surface area contributed by atoms with Crippen molar-refractivity contribution in [2.75, 3.05) is 12.4 Å². The zero-order valence-corrected chi connectivity index (χ0v) is 11.0. The standard InChI is InChI=1S/C13H12N4S/c1-8-3-5-15-10(7-8)12-16-11(14-2)9-4-6-18-13(9)17-12/h3-7H,1-2H3,(H,14,16,17). The fourth-order valence-electron chi connectivity index (χ4n) is 1.82. The van der Waals surface area contributed by atoms with Gasteiger partial charge in [0.1, 0.15) is 16.3 Å². The van der Waals surface area contributed by atoms with Crippen LogP contribution >= 0.6 is 11.3 Å². The quantitative estimate of drug-likeness (QED) is 0.765. The number of fused-ring (bicyclic) bond motifs is 1. The first-order valence-electron chi connectivity index (χ1n) is 5.64. The Balaban J connectivity index is 2.23. The van der Waals surface area contributed by atoms with Crippen LogP contribution in [0.3, 0.4) is 0 Å². The van der Waals surface area contributed by atoms with Crippen LogP contribution in [0.2, 0.25) is 0 Å². The van der Waals surface area contributed by atoms with Crippen LogP contribution < -0.4 is 5.32 Å². The number of rotatable bonds is 2. The van der Waals surface area contributed by atoms with Gasteiger partial charge >= 0.3 is 0 Å². The third-order valence-electron chi connectivity index (χ3n) is 2.71. The van der Waals surface area contributed by atoms with Gasteiger partial charge in [0.25, 0.3) is 0 Å². The Labute approximate surface area is 109 Å². The van der Waals surface area contributed by atoms with Crippen molar-refractivity contribution in [1.29, 1.82) is 0 Å². The predicted molar refractivity (Wildman–Crippen MR) is 74.9 cm³/mol. The Bertz CT molecular complexity index is 705. The number of nitrogens with one attached hydrogen (secondary N) is 1. The number of aromatic nitrogens is 3. The van der Waals surface area contributed by atoms with Gasteiger partial charge < -0.3 is 5.32 Å². The van der Waals surface area contributed by atoms with Gasteiger partial charge in [-0.15, -0.1) is 11.3 Å². The van der Waals surface area contributed by atoms with Gasteiger partial charge in [0.2, 0.25) is 0 Å². The third kappa shape index (κ3) is 1.82. The van der Waals surface area contributed by atoms with Gasteiger partial charge in [0.15, 0.2) is 5.82 Å². The van der Waals surface area contributed by atoms with Gasteiger partial charge in [-0.05, 0) is 36.1 Å². The second kappa shape index (κ2) is 4.34. The van der Waals surface area contributed by atoms with Crippen molar-refractivity contribution in [2.24, 2.45) is 0 Å². The lowest BCUT2D eigenvalue weighted by molar-refractivity contribution is 1.17. The van der Waals surface area contributed by atoms with E-state index in [4.69, 9.17) is 0 Å². The lowest BCUT2D eigenvalue weighted by Crippen LogP contribution is -1.98. The molecule has 0 spiro atoms. The van der Waals surface area contributed by atoms with E-state index in [1.165, 1.54) is 0 Å².